The monoisotopic (exact) mass is 289 g/mol. The van der Waals surface area contributed by atoms with Crippen LogP contribution in [0, 0.1) is 11.3 Å². The predicted octanol–water partition coefficient (Wildman–Crippen LogP) is 4.95. The van der Waals surface area contributed by atoms with E-state index >= 15 is 0 Å². The molecule has 0 aliphatic heterocycles. The lowest BCUT2D eigenvalue weighted by atomic mass is 9.71. The molecule has 0 spiro atoms. The maximum atomic E-state index is 5.32. The molecule has 0 aromatic heterocycles. The van der Waals surface area contributed by atoms with Crippen LogP contribution in [0.2, 0.25) is 0 Å². The van der Waals surface area contributed by atoms with E-state index < -0.39 is 0 Å². The van der Waals surface area contributed by atoms with E-state index in [1.807, 2.05) is 6.07 Å². The zero-order valence-electron chi connectivity index (χ0n) is 14.3. The summed E-state index contributed by atoms with van der Waals surface area (Å²) in [5.74, 6) is 1.82. The molecule has 1 aromatic carbocycles. The lowest BCUT2D eigenvalue weighted by Crippen LogP contribution is -2.37. The highest BCUT2D eigenvalue weighted by molar-refractivity contribution is 5.30. The normalized spacial score (nSPS) is 24.6. The number of rotatable bonds is 4. The Morgan fingerprint density at radius 2 is 1.81 bits per heavy atom. The van der Waals surface area contributed by atoms with Gasteiger partial charge in [-0.15, -0.1) is 0 Å². The molecule has 1 aliphatic carbocycles. The van der Waals surface area contributed by atoms with E-state index in [1.54, 1.807) is 7.11 Å². The lowest BCUT2D eigenvalue weighted by molar-refractivity contribution is 0.157. The van der Waals surface area contributed by atoms with E-state index in [0.29, 0.717) is 17.5 Å². The lowest BCUT2D eigenvalue weighted by Gasteiger charge is -2.38. The fraction of sp³-hybridized carbons (Fsp3) is 0.684. The van der Waals surface area contributed by atoms with E-state index in [-0.39, 0.29) is 0 Å². The third kappa shape index (κ3) is 4.47. The molecule has 1 saturated carbocycles. The summed E-state index contributed by atoms with van der Waals surface area (Å²) in [5.41, 5.74) is 1.77. The van der Waals surface area contributed by atoms with Gasteiger partial charge in [0.25, 0.3) is 0 Å². The molecule has 1 fully saturated rings. The van der Waals surface area contributed by atoms with Crippen LogP contribution in [0.25, 0.3) is 0 Å². The minimum atomic E-state index is 0.385. The van der Waals surface area contributed by atoms with Crippen molar-refractivity contribution in [2.24, 2.45) is 11.3 Å². The Labute approximate surface area is 130 Å². The van der Waals surface area contributed by atoms with E-state index in [2.05, 4.69) is 51.2 Å². The zero-order valence-corrected chi connectivity index (χ0v) is 14.3. The second-order valence-electron chi connectivity index (χ2n) is 7.58. The van der Waals surface area contributed by atoms with Crippen molar-refractivity contribution < 1.29 is 4.74 Å². The average Bonchev–Trinajstić information content (AvgIpc) is 2.47. The van der Waals surface area contributed by atoms with Crippen molar-refractivity contribution >= 4 is 0 Å². The zero-order chi connectivity index (χ0) is 15.5. The van der Waals surface area contributed by atoms with Gasteiger partial charge in [-0.2, -0.15) is 0 Å². The summed E-state index contributed by atoms with van der Waals surface area (Å²) in [4.78, 5) is 0. The van der Waals surface area contributed by atoms with Gasteiger partial charge in [-0.25, -0.2) is 0 Å². The molecule has 118 valence electrons. The first-order valence-corrected chi connectivity index (χ1v) is 8.30. The fourth-order valence-electron chi connectivity index (χ4n) is 3.49. The Bertz CT molecular complexity index is 441. The van der Waals surface area contributed by atoms with Crippen LogP contribution < -0.4 is 10.1 Å². The van der Waals surface area contributed by atoms with Crippen molar-refractivity contribution in [1.82, 2.24) is 5.32 Å². The van der Waals surface area contributed by atoms with Gasteiger partial charge >= 0.3 is 0 Å². The summed E-state index contributed by atoms with van der Waals surface area (Å²) >= 11 is 0. The Hall–Kier alpha value is -1.02. The van der Waals surface area contributed by atoms with Crippen LogP contribution in [0.15, 0.2) is 24.3 Å². The topological polar surface area (TPSA) is 21.3 Å². The van der Waals surface area contributed by atoms with Gasteiger partial charge in [0, 0.05) is 12.1 Å². The standard InChI is InChI=1S/C19H31NO/c1-14(15-7-6-8-18(13-15)21-5)20-17-11-9-16(10-12-17)19(2,3)4/h6-8,13-14,16-17,20H,9-12H2,1-5H3. The second-order valence-corrected chi connectivity index (χ2v) is 7.58. The van der Waals surface area contributed by atoms with Gasteiger partial charge in [0.1, 0.15) is 5.75 Å². The molecular weight excluding hydrogens is 258 g/mol. The molecule has 1 N–H and O–H groups in total. The van der Waals surface area contributed by atoms with Crippen LogP contribution in [0.4, 0.5) is 0 Å². The van der Waals surface area contributed by atoms with Crippen molar-refractivity contribution in [3.63, 3.8) is 0 Å². The third-order valence-electron chi connectivity index (χ3n) is 5.03. The highest BCUT2D eigenvalue weighted by Gasteiger charge is 2.30. The number of methoxy groups -OCH3 is 1. The van der Waals surface area contributed by atoms with Crippen LogP contribution in [0.1, 0.15) is 65.0 Å². The Kier molecular flexibility index (Phi) is 5.32. The van der Waals surface area contributed by atoms with Gasteiger partial charge < -0.3 is 10.1 Å². The first-order valence-electron chi connectivity index (χ1n) is 8.30. The summed E-state index contributed by atoms with van der Waals surface area (Å²) in [7, 11) is 1.73. The third-order valence-corrected chi connectivity index (χ3v) is 5.03. The number of benzene rings is 1. The van der Waals surface area contributed by atoms with Gasteiger partial charge in [0.15, 0.2) is 0 Å². The highest BCUT2D eigenvalue weighted by Crippen LogP contribution is 2.38. The molecule has 1 unspecified atom stereocenters. The molecule has 2 heteroatoms. The summed E-state index contributed by atoms with van der Waals surface area (Å²) in [5, 5.41) is 3.80. The predicted molar refractivity (Wildman–Crippen MR) is 89.7 cm³/mol. The van der Waals surface area contributed by atoms with Crippen molar-refractivity contribution in [3.8, 4) is 5.75 Å². The first-order chi connectivity index (χ1) is 9.90. The average molecular weight is 289 g/mol. The van der Waals surface area contributed by atoms with Crippen molar-refractivity contribution in [1.29, 1.82) is 0 Å². The van der Waals surface area contributed by atoms with Crippen LogP contribution >= 0.6 is 0 Å². The number of ether oxygens (including phenoxy) is 1. The summed E-state index contributed by atoms with van der Waals surface area (Å²) in [6, 6.07) is 9.44. The summed E-state index contributed by atoms with van der Waals surface area (Å²) < 4.78 is 5.32. The number of nitrogens with one attached hydrogen (secondary N) is 1. The smallest absolute Gasteiger partial charge is 0.119 e. The summed E-state index contributed by atoms with van der Waals surface area (Å²) in [6.07, 6.45) is 5.31. The largest absolute Gasteiger partial charge is 0.497 e. The van der Waals surface area contributed by atoms with E-state index in [0.717, 1.165) is 11.7 Å². The maximum absolute atomic E-state index is 5.32. The molecule has 21 heavy (non-hydrogen) atoms. The van der Waals surface area contributed by atoms with Crippen LogP contribution in [0.3, 0.4) is 0 Å². The van der Waals surface area contributed by atoms with E-state index in [4.69, 9.17) is 4.74 Å². The van der Waals surface area contributed by atoms with E-state index in [9.17, 15) is 0 Å². The van der Waals surface area contributed by atoms with E-state index in [1.165, 1.54) is 31.2 Å². The van der Waals surface area contributed by atoms with Crippen molar-refractivity contribution in [2.45, 2.75) is 65.5 Å². The number of hydrogen-bond acceptors (Lipinski definition) is 2. The second kappa shape index (κ2) is 6.83. The molecule has 0 amide bonds. The Morgan fingerprint density at radius 3 is 2.38 bits per heavy atom. The highest BCUT2D eigenvalue weighted by atomic mass is 16.5. The molecule has 0 saturated heterocycles. The maximum Gasteiger partial charge on any atom is 0.119 e. The first kappa shape index (κ1) is 16.4. The van der Waals surface area contributed by atoms with Gasteiger partial charge in [-0.3, -0.25) is 0 Å². The minimum absolute atomic E-state index is 0.385. The summed E-state index contributed by atoms with van der Waals surface area (Å²) in [6.45, 7) is 9.39. The molecule has 1 atom stereocenters. The van der Waals surface area contributed by atoms with Gasteiger partial charge in [0.05, 0.1) is 7.11 Å². The SMILES string of the molecule is COc1cccc(C(C)NC2CCC(C(C)(C)C)CC2)c1. The minimum Gasteiger partial charge on any atom is -0.497 e. The molecule has 2 nitrogen and oxygen atoms in total. The molecular formula is C19H31NO. The molecule has 0 heterocycles. The van der Waals surface area contributed by atoms with Crippen molar-refractivity contribution in [2.75, 3.05) is 7.11 Å². The Balaban J connectivity index is 1.88. The van der Waals surface area contributed by atoms with Gasteiger partial charge in [-0.05, 0) is 61.6 Å². The molecule has 0 bridgehead atoms. The fourth-order valence-corrected chi connectivity index (χ4v) is 3.49. The van der Waals surface area contributed by atoms with Crippen molar-refractivity contribution in [3.05, 3.63) is 29.8 Å². The molecule has 2 rings (SSSR count). The molecule has 0 radical (unpaired) electrons. The van der Waals surface area contributed by atoms with Crippen LogP contribution in [-0.4, -0.2) is 13.2 Å². The van der Waals surface area contributed by atoms with Crippen LogP contribution in [0.5, 0.6) is 5.75 Å². The Morgan fingerprint density at radius 1 is 1.14 bits per heavy atom. The molecule has 1 aliphatic rings. The van der Waals surface area contributed by atoms with Crippen LogP contribution in [-0.2, 0) is 0 Å². The molecule has 1 aromatic rings. The number of hydrogen-bond donors (Lipinski definition) is 1. The van der Waals surface area contributed by atoms with Gasteiger partial charge in [0.2, 0.25) is 0 Å². The quantitative estimate of drug-likeness (QED) is 0.846. The van der Waals surface area contributed by atoms with Gasteiger partial charge in [-0.1, -0.05) is 32.9 Å².